The van der Waals surface area contributed by atoms with Crippen LogP contribution in [-0.4, -0.2) is 41.4 Å². The lowest BCUT2D eigenvalue weighted by molar-refractivity contribution is -0.135. The second-order valence-electron chi connectivity index (χ2n) is 6.00. The number of piperidine rings is 1. The summed E-state index contributed by atoms with van der Waals surface area (Å²) in [5, 5.41) is 4.91. The Bertz CT molecular complexity index is 654. The van der Waals surface area contributed by atoms with E-state index in [0.717, 1.165) is 5.56 Å². The van der Waals surface area contributed by atoms with Gasteiger partial charge >= 0.3 is 6.03 Å². The number of carbonyl (C=O) groups is 3. The monoisotopic (exact) mass is 319 g/mol. The van der Waals surface area contributed by atoms with E-state index in [1.165, 1.54) is 12.1 Å². The van der Waals surface area contributed by atoms with Crippen molar-refractivity contribution in [1.29, 1.82) is 0 Å². The van der Waals surface area contributed by atoms with Crippen LogP contribution in [0.1, 0.15) is 24.8 Å². The summed E-state index contributed by atoms with van der Waals surface area (Å²) in [6.07, 6.45) is 1.61. The van der Waals surface area contributed by atoms with Gasteiger partial charge in [-0.1, -0.05) is 12.1 Å². The lowest BCUT2D eigenvalue weighted by Gasteiger charge is -2.37. The van der Waals surface area contributed by atoms with E-state index in [9.17, 15) is 18.8 Å². The molecular formula is C16H18FN3O3. The van der Waals surface area contributed by atoms with Gasteiger partial charge in [0.2, 0.25) is 5.91 Å². The highest BCUT2D eigenvalue weighted by molar-refractivity contribution is 6.07. The Hall–Kier alpha value is -2.44. The van der Waals surface area contributed by atoms with Gasteiger partial charge < -0.3 is 10.2 Å². The summed E-state index contributed by atoms with van der Waals surface area (Å²) in [5.41, 5.74) is -0.0783. The second kappa shape index (κ2) is 5.98. The number of hydrogen-bond donors (Lipinski definition) is 2. The molecule has 23 heavy (non-hydrogen) atoms. The number of carbonyl (C=O) groups excluding carboxylic acids is 3. The summed E-state index contributed by atoms with van der Waals surface area (Å²) < 4.78 is 13.1. The molecule has 0 atom stereocenters. The van der Waals surface area contributed by atoms with Gasteiger partial charge in [0.1, 0.15) is 11.4 Å². The molecule has 1 spiro atoms. The summed E-state index contributed by atoms with van der Waals surface area (Å²) in [5.74, 6) is -0.638. The van der Waals surface area contributed by atoms with Crippen LogP contribution in [0.3, 0.4) is 0 Å². The van der Waals surface area contributed by atoms with Crippen molar-refractivity contribution in [1.82, 2.24) is 15.5 Å². The number of urea groups is 1. The molecular weight excluding hydrogens is 301 g/mol. The second-order valence-corrected chi connectivity index (χ2v) is 6.00. The molecule has 4 amide bonds. The SMILES string of the molecule is O=C1NC(=O)C2(CCN(C(=O)CCc3cccc(F)c3)CC2)N1. The Labute approximate surface area is 133 Å². The average Bonchev–Trinajstić information content (AvgIpc) is 2.79. The van der Waals surface area contributed by atoms with Crippen molar-refractivity contribution in [3.8, 4) is 0 Å². The normalized spacial score (nSPS) is 19.6. The van der Waals surface area contributed by atoms with Gasteiger partial charge in [-0.3, -0.25) is 14.9 Å². The third kappa shape index (κ3) is 3.18. The fraction of sp³-hybridized carbons (Fsp3) is 0.438. The molecule has 2 aliphatic rings. The predicted molar refractivity (Wildman–Crippen MR) is 79.9 cm³/mol. The van der Waals surface area contributed by atoms with E-state index in [0.29, 0.717) is 38.8 Å². The lowest BCUT2D eigenvalue weighted by atomic mass is 9.87. The zero-order valence-corrected chi connectivity index (χ0v) is 12.6. The average molecular weight is 319 g/mol. The van der Waals surface area contributed by atoms with Crippen LogP contribution >= 0.6 is 0 Å². The largest absolute Gasteiger partial charge is 0.342 e. The maximum absolute atomic E-state index is 13.1. The maximum atomic E-state index is 13.1. The van der Waals surface area contributed by atoms with Crippen molar-refractivity contribution in [3.05, 3.63) is 35.6 Å². The highest BCUT2D eigenvalue weighted by atomic mass is 19.1. The molecule has 122 valence electrons. The Balaban J connectivity index is 1.52. The highest BCUT2D eigenvalue weighted by Gasteiger charge is 2.48. The fourth-order valence-electron chi connectivity index (χ4n) is 3.12. The van der Waals surface area contributed by atoms with Crippen LogP contribution in [0.2, 0.25) is 0 Å². The molecule has 0 aliphatic carbocycles. The number of nitrogens with zero attached hydrogens (tertiary/aromatic N) is 1. The quantitative estimate of drug-likeness (QED) is 0.815. The van der Waals surface area contributed by atoms with E-state index in [1.807, 2.05) is 0 Å². The van der Waals surface area contributed by atoms with Crippen LogP contribution < -0.4 is 10.6 Å². The minimum absolute atomic E-state index is 0.0196. The molecule has 1 aromatic carbocycles. The first kappa shape index (κ1) is 15.5. The molecule has 7 heteroatoms. The van der Waals surface area contributed by atoms with Crippen LogP contribution in [0.4, 0.5) is 9.18 Å². The standard InChI is InChI=1S/C16H18FN3O3/c17-12-3-1-2-11(10-12)4-5-13(21)20-8-6-16(7-9-20)14(22)18-15(23)19-16/h1-3,10H,4-9H2,(H2,18,19,22,23). The molecule has 0 radical (unpaired) electrons. The van der Waals surface area contributed by atoms with Crippen molar-refractivity contribution in [3.63, 3.8) is 0 Å². The lowest BCUT2D eigenvalue weighted by Crippen LogP contribution is -2.55. The van der Waals surface area contributed by atoms with Crippen LogP contribution in [0.15, 0.2) is 24.3 Å². The third-order valence-electron chi connectivity index (χ3n) is 4.50. The van der Waals surface area contributed by atoms with Gasteiger partial charge in [-0.2, -0.15) is 0 Å². The molecule has 6 nitrogen and oxygen atoms in total. The molecule has 0 aromatic heterocycles. The number of likely N-dealkylation sites (tertiary alicyclic amines) is 1. The van der Waals surface area contributed by atoms with Gasteiger partial charge in [-0.25, -0.2) is 9.18 Å². The van der Waals surface area contributed by atoms with Crippen molar-refractivity contribution in [2.24, 2.45) is 0 Å². The van der Waals surface area contributed by atoms with E-state index >= 15 is 0 Å². The number of rotatable bonds is 3. The number of benzene rings is 1. The molecule has 2 aliphatic heterocycles. The number of aryl methyl sites for hydroxylation is 1. The topological polar surface area (TPSA) is 78.5 Å². The molecule has 3 rings (SSSR count). The van der Waals surface area contributed by atoms with E-state index in [-0.39, 0.29) is 17.6 Å². The predicted octanol–water partition coefficient (Wildman–Crippen LogP) is 0.959. The summed E-state index contributed by atoms with van der Waals surface area (Å²) in [4.78, 5) is 37.1. The first-order valence-electron chi connectivity index (χ1n) is 7.64. The number of amides is 4. The molecule has 2 fully saturated rings. The van der Waals surface area contributed by atoms with Crippen molar-refractivity contribution in [2.45, 2.75) is 31.2 Å². The Morgan fingerprint density at radius 2 is 2.00 bits per heavy atom. The van der Waals surface area contributed by atoms with Gasteiger partial charge in [-0.15, -0.1) is 0 Å². The summed E-state index contributed by atoms with van der Waals surface area (Å²) >= 11 is 0. The minimum atomic E-state index is -0.865. The molecule has 2 saturated heterocycles. The number of nitrogens with one attached hydrogen (secondary N) is 2. The smallest absolute Gasteiger partial charge is 0.322 e. The number of halogens is 1. The summed E-state index contributed by atoms with van der Waals surface area (Å²) in [6.45, 7) is 0.853. The van der Waals surface area contributed by atoms with Gasteiger partial charge in [0.25, 0.3) is 5.91 Å². The Kier molecular flexibility index (Phi) is 4.02. The van der Waals surface area contributed by atoms with E-state index < -0.39 is 11.6 Å². The van der Waals surface area contributed by atoms with Crippen molar-refractivity contribution in [2.75, 3.05) is 13.1 Å². The Morgan fingerprint density at radius 3 is 2.61 bits per heavy atom. The van der Waals surface area contributed by atoms with Gasteiger partial charge in [0, 0.05) is 19.5 Å². The number of hydrogen-bond acceptors (Lipinski definition) is 3. The highest BCUT2D eigenvalue weighted by Crippen LogP contribution is 2.26. The van der Waals surface area contributed by atoms with Crippen LogP contribution in [0.5, 0.6) is 0 Å². The molecule has 2 heterocycles. The molecule has 1 aromatic rings. The maximum Gasteiger partial charge on any atom is 0.322 e. The van der Waals surface area contributed by atoms with Gasteiger partial charge in [-0.05, 0) is 37.0 Å². The van der Waals surface area contributed by atoms with E-state index in [2.05, 4.69) is 10.6 Å². The zero-order valence-electron chi connectivity index (χ0n) is 12.6. The first-order valence-corrected chi connectivity index (χ1v) is 7.64. The van der Waals surface area contributed by atoms with E-state index in [1.54, 1.807) is 17.0 Å². The van der Waals surface area contributed by atoms with Crippen LogP contribution in [0, 0.1) is 5.82 Å². The summed E-state index contributed by atoms with van der Waals surface area (Å²) in [7, 11) is 0. The van der Waals surface area contributed by atoms with Crippen LogP contribution in [0.25, 0.3) is 0 Å². The first-order chi connectivity index (χ1) is 11.0. The number of imide groups is 1. The minimum Gasteiger partial charge on any atom is -0.342 e. The third-order valence-corrected chi connectivity index (χ3v) is 4.50. The van der Waals surface area contributed by atoms with Gasteiger partial charge in [0.15, 0.2) is 0 Å². The van der Waals surface area contributed by atoms with Crippen molar-refractivity contribution >= 4 is 17.8 Å². The van der Waals surface area contributed by atoms with Gasteiger partial charge in [0.05, 0.1) is 0 Å². The molecule has 2 N–H and O–H groups in total. The fourth-order valence-corrected chi connectivity index (χ4v) is 3.12. The molecule has 0 saturated carbocycles. The summed E-state index contributed by atoms with van der Waals surface area (Å²) in [6, 6.07) is 5.75. The molecule has 0 unspecified atom stereocenters. The van der Waals surface area contributed by atoms with E-state index in [4.69, 9.17) is 0 Å². The Morgan fingerprint density at radius 1 is 1.26 bits per heavy atom. The van der Waals surface area contributed by atoms with Crippen molar-refractivity contribution < 1.29 is 18.8 Å². The molecule has 0 bridgehead atoms. The van der Waals surface area contributed by atoms with Crippen LogP contribution in [-0.2, 0) is 16.0 Å². The zero-order chi connectivity index (χ0) is 16.4.